The first kappa shape index (κ1) is 15.0. The zero-order valence-electron chi connectivity index (χ0n) is 12.1. The van der Waals surface area contributed by atoms with Crippen molar-refractivity contribution in [1.29, 1.82) is 0 Å². The molecule has 3 heteroatoms. The minimum Gasteiger partial charge on any atom is -0.381 e. The molecule has 0 amide bonds. The lowest BCUT2D eigenvalue weighted by molar-refractivity contribution is 0.0538. The summed E-state index contributed by atoms with van der Waals surface area (Å²) in [6.45, 7) is 9.35. The summed E-state index contributed by atoms with van der Waals surface area (Å²) in [5.74, 6) is 0.689. The van der Waals surface area contributed by atoms with Crippen LogP contribution in [0.3, 0.4) is 0 Å². The molecule has 1 N–H and O–H groups in total. The van der Waals surface area contributed by atoms with Crippen molar-refractivity contribution in [3.05, 3.63) is 33.3 Å². The molecule has 0 aliphatic carbocycles. The number of halogens is 1. The minimum atomic E-state index is 0.458. The molecule has 2 rings (SSSR count). The van der Waals surface area contributed by atoms with Gasteiger partial charge >= 0.3 is 0 Å². The predicted octanol–water partition coefficient (Wildman–Crippen LogP) is 4.14. The van der Waals surface area contributed by atoms with E-state index in [0.29, 0.717) is 12.0 Å². The normalized spacial score (nSPS) is 18.5. The molecule has 1 heterocycles. The molecule has 1 atom stereocenters. The molecule has 0 radical (unpaired) electrons. The van der Waals surface area contributed by atoms with Crippen molar-refractivity contribution in [3.63, 3.8) is 0 Å². The molecule has 19 heavy (non-hydrogen) atoms. The van der Waals surface area contributed by atoms with Gasteiger partial charge in [-0.3, -0.25) is 0 Å². The number of benzene rings is 1. The van der Waals surface area contributed by atoms with Crippen LogP contribution >= 0.6 is 15.9 Å². The molecule has 1 aromatic rings. The number of hydrogen-bond donors (Lipinski definition) is 1. The lowest BCUT2D eigenvalue weighted by atomic mass is 9.86. The fourth-order valence-corrected chi connectivity index (χ4v) is 3.21. The van der Waals surface area contributed by atoms with Crippen LogP contribution in [-0.4, -0.2) is 19.8 Å². The van der Waals surface area contributed by atoms with Gasteiger partial charge in [0, 0.05) is 23.7 Å². The van der Waals surface area contributed by atoms with Gasteiger partial charge in [0.2, 0.25) is 0 Å². The molecule has 106 valence electrons. The Balaban J connectivity index is 2.27. The Morgan fingerprint density at radius 3 is 2.37 bits per heavy atom. The average molecular weight is 326 g/mol. The summed E-state index contributed by atoms with van der Waals surface area (Å²) in [6.07, 6.45) is 2.32. The molecular weight excluding hydrogens is 302 g/mol. The Morgan fingerprint density at radius 1 is 1.26 bits per heavy atom. The summed E-state index contributed by atoms with van der Waals surface area (Å²) in [5, 5.41) is 3.67. The second-order valence-electron chi connectivity index (χ2n) is 5.45. The first-order valence-electron chi connectivity index (χ1n) is 7.21. The van der Waals surface area contributed by atoms with Gasteiger partial charge in [0.05, 0.1) is 0 Å². The average Bonchev–Trinajstić information content (AvgIpc) is 2.42. The van der Waals surface area contributed by atoms with E-state index in [4.69, 9.17) is 4.74 Å². The molecule has 0 saturated carbocycles. The molecule has 2 nitrogen and oxygen atoms in total. The molecule has 0 spiro atoms. The van der Waals surface area contributed by atoms with Crippen LogP contribution in [-0.2, 0) is 4.74 Å². The van der Waals surface area contributed by atoms with E-state index in [-0.39, 0.29) is 0 Å². The highest BCUT2D eigenvalue weighted by molar-refractivity contribution is 9.10. The van der Waals surface area contributed by atoms with Crippen LogP contribution in [0, 0.1) is 19.8 Å². The van der Waals surface area contributed by atoms with Gasteiger partial charge in [-0.25, -0.2) is 0 Å². The van der Waals surface area contributed by atoms with E-state index >= 15 is 0 Å². The van der Waals surface area contributed by atoms with Crippen molar-refractivity contribution in [2.45, 2.75) is 39.7 Å². The second kappa shape index (κ2) is 6.87. The van der Waals surface area contributed by atoms with E-state index in [1.807, 2.05) is 0 Å². The quantitative estimate of drug-likeness (QED) is 0.898. The highest BCUT2D eigenvalue weighted by atomic mass is 79.9. The number of nitrogens with one attached hydrogen (secondary N) is 1. The summed E-state index contributed by atoms with van der Waals surface area (Å²) >= 11 is 3.66. The van der Waals surface area contributed by atoms with Crippen molar-refractivity contribution in [2.24, 2.45) is 5.92 Å². The summed E-state index contributed by atoms with van der Waals surface area (Å²) in [4.78, 5) is 0. The Labute approximate surface area is 125 Å². The van der Waals surface area contributed by atoms with Crippen LogP contribution in [0.15, 0.2) is 16.6 Å². The Hall–Kier alpha value is -0.380. The van der Waals surface area contributed by atoms with Crippen LogP contribution < -0.4 is 5.32 Å². The second-order valence-corrected chi connectivity index (χ2v) is 6.25. The lowest BCUT2D eigenvalue weighted by Crippen LogP contribution is -2.32. The van der Waals surface area contributed by atoms with Gasteiger partial charge in [-0.1, -0.05) is 35.0 Å². The van der Waals surface area contributed by atoms with Gasteiger partial charge < -0.3 is 10.1 Å². The molecule has 1 aliphatic heterocycles. The number of rotatable bonds is 4. The third-order valence-corrected chi connectivity index (χ3v) is 5.23. The predicted molar refractivity (Wildman–Crippen MR) is 83.6 cm³/mol. The van der Waals surface area contributed by atoms with Gasteiger partial charge in [0.15, 0.2) is 0 Å². The van der Waals surface area contributed by atoms with Crippen LogP contribution in [0.4, 0.5) is 0 Å². The number of ether oxygens (including phenoxy) is 1. The lowest BCUT2D eigenvalue weighted by Gasteiger charge is -2.31. The fraction of sp³-hybridized carbons (Fsp3) is 0.625. The fourth-order valence-electron chi connectivity index (χ4n) is 2.98. The molecular formula is C16H24BrNO. The minimum absolute atomic E-state index is 0.458. The van der Waals surface area contributed by atoms with E-state index in [1.54, 1.807) is 0 Å². The van der Waals surface area contributed by atoms with Gasteiger partial charge in [0.25, 0.3) is 0 Å². The molecule has 1 fully saturated rings. The Morgan fingerprint density at radius 2 is 1.84 bits per heavy atom. The van der Waals surface area contributed by atoms with Crippen LogP contribution in [0.1, 0.15) is 42.5 Å². The third-order valence-electron chi connectivity index (χ3n) is 3.98. The smallest absolute Gasteiger partial charge is 0.0469 e. The van der Waals surface area contributed by atoms with Crippen LogP contribution in [0.2, 0.25) is 0 Å². The van der Waals surface area contributed by atoms with Gasteiger partial charge in [0.1, 0.15) is 0 Å². The highest BCUT2D eigenvalue weighted by Crippen LogP contribution is 2.33. The van der Waals surface area contributed by atoms with Gasteiger partial charge in [-0.15, -0.1) is 0 Å². The van der Waals surface area contributed by atoms with Crippen LogP contribution in [0.25, 0.3) is 0 Å². The maximum Gasteiger partial charge on any atom is 0.0469 e. The maximum absolute atomic E-state index is 5.50. The topological polar surface area (TPSA) is 21.3 Å². The zero-order valence-corrected chi connectivity index (χ0v) is 13.7. The van der Waals surface area contributed by atoms with E-state index in [1.165, 1.54) is 21.2 Å². The SMILES string of the molecule is CCNC(c1cc(C)c(Br)c(C)c1)C1CCOCC1. The number of hydrogen-bond acceptors (Lipinski definition) is 2. The molecule has 1 aromatic carbocycles. The van der Waals surface area contributed by atoms with Crippen molar-refractivity contribution in [1.82, 2.24) is 5.32 Å². The molecule has 1 aliphatic rings. The summed E-state index contributed by atoms with van der Waals surface area (Å²) in [5.41, 5.74) is 4.07. The summed E-state index contributed by atoms with van der Waals surface area (Å²) in [6, 6.07) is 5.10. The summed E-state index contributed by atoms with van der Waals surface area (Å²) < 4.78 is 6.73. The van der Waals surface area contributed by atoms with Gasteiger partial charge in [-0.2, -0.15) is 0 Å². The van der Waals surface area contributed by atoms with E-state index in [0.717, 1.165) is 32.6 Å². The van der Waals surface area contributed by atoms with E-state index in [9.17, 15) is 0 Å². The standard InChI is InChI=1S/C16H24BrNO/c1-4-18-16(13-5-7-19-8-6-13)14-9-11(2)15(17)12(3)10-14/h9-10,13,16,18H,4-8H2,1-3H3. The van der Waals surface area contributed by atoms with Crippen molar-refractivity contribution in [3.8, 4) is 0 Å². The van der Waals surface area contributed by atoms with E-state index in [2.05, 4.69) is 54.2 Å². The Bertz CT molecular complexity index is 404. The van der Waals surface area contributed by atoms with Gasteiger partial charge in [-0.05, 0) is 55.8 Å². The van der Waals surface area contributed by atoms with Crippen molar-refractivity contribution < 1.29 is 4.74 Å². The molecule has 0 bridgehead atoms. The monoisotopic (exact) mass is 325 g/mol. The molecule has 0 aromatic heterocycles. The molecule has 1 unspecified atom stereocenters. The van der Waals surface area contributed by atoms with Crippen LogP contribution in [0.5, 0.6) is 0 Å². The highest BCUT2D eigenvalue weighted by Gasteiger charge is 2.25. The third kappa shape index (κ3) is 3.59. The first-order chi connectivity index (χ1) is 9.13. The largest absolute Gasteiger partial charge is 0.381 e. The zero-order chi connectivity index (χ0) is 13.8. The molecule has 1 saturated heterocycles. The van der Waals surface area contributed by atoms with E-state index < -0.39 is 0 Å². The maximum atomic E-state index is 5.50. The number of aryl methyl sites for hydroxylation is 2. The summed E-state index contributed by atoms with van der Waals surface area (Å²) in [7, 11) is 0. The first-order valence-corrected chi connectivity index (χ1v) is 8.00. The Kier molecular flexibility index (Phi) is 5.43. The van der Waals surface area contributed by atoms with Crippen molar-refractivity contribution >= 4 is 15.9 Å². The van der Waals surface area contributed by atoms with Crippen molar-refractivity contribution in [2.75, 3.05) is 19.8 Å².